The van der Waals surface area contributed by atoms with Crippen LogP contribution in [0.5, 0.6) is 0 Å². The average molecular weight is 293 g/mol. The molecule has 0 aliphatic heterocycles. The van der Waals surface area contributed by atoms with Crippen molar-refractivity contribution in [2.24, 2.45) is 5.84 Å². The smallest absolute Gasteiger partial charge is 0.0641 e. The van der Waals surface area contributed by atoms with Crippen LogP contribution < -0.4 is 11.3 Å². The number of halogens is 1. The topological polar surface area (TPSA) is 47.3 Å². The van der Waals surface area contributed by atoms with E-state index in [1.54, 1.807) is 18.4 Å². The van der Waals surface area contributed by atoms with E-state index in [2.05, 4.69) is 46.0 Å². The molecule has 1 atom stereocenters. The second kappa shape index (κ2) is 5.41. The molecule has 0 aliphatic carbocycles. The highest BCUT2D eigenvalue weighted by Gasteiger charge is 2.24. The quantitative estimate of drug-likeness (QED) is 0.648. The van der Waals surface area contributed by atoms with E-state index in [4.69, 9.17) is 10.6 Å². The molecule has 0 spiro atoms. The number of hydrazine groups is 1. The van der Waals surface area contributed by atoms with E-state index < -0.39 is 0 Å². The normalized spacial score (nSPS) is 14.2. The van der Waals surface area contributed by atoms with Crippen LogP contribution in [0.25, 0.3) is 0 Å². The van der Waals surface area contributed by atoms with Gasteiger partial charge in [0.2, 0.25) is 0 Å². The molecule has 0 fully saturated rings. The van der Waals surface area contributed by atoms with Gasteiger partial charge in [0.25, 0.3) is 0 Å². The summed E-state index contributed by atoms with van der Waals surface area (Å²) in [5.41, 5.74) is 3.84. The molecule has 0 bridgehead atoms. The van der Waals surface area contributed by atoms with Gasteiger partial charge in [-0.05, 0) is 47.1 Å². The van der Waals surface area contributed by atoms with Gasteiger partial charge in [-0.2, -0.15) is 11.3 Å². The van der Waals surface area contributed by atoms with Crippen LogP contribution in [0.2, 0.25) is 0 Å². The van der Waals surface area contributed by atoms with E-state index in [1.165, 1.54) is 5.56 Å². The molecule has 0 saturated heterocycles. The number of nitrogens with two attached hydrogens (primary N) is 1. The second-order valence-corrected chi connectivity index (χ2v) is 5.66. The molecule has 3 N–H and O–H groups in total. The maximum Gasteiger partial charge on any atom is 0.0641 e. The lowest BCUT2D eigenvalue weighted by Crippen LogP contribution is -2.35. The standard InChI is InChI=1S/C10H17BrN2OS/c1-10(2,14-3)4-9(13-12)7-5-15-6-8(7)11/h5-6,9,13H,4,12H2,1-3H3. The minimum absolute atomic E-state index is 0.112. The maximum atomic E-state index is 5.57. The monoisotopic (exact) mass is 292 g/mol. The molecule has 3 nitrogen and oxygen atoms in total. The van der Waals surface area contributed by atoms with Gasteiger partial charge >= 0.3 is 0 Å². The Labute approximate surface area is 103 Å². The van der Waals surface area contributed by atoms with E-state index in [-0.39, 0.29) is 11.6 Å². The summed E-state index contributed by atoms with van der Waals surface area (Å²) in [6.07, 6.45) is 0.829. The van der Waals surface area contributed by atoms with Gasteiger partial charge in [0, 0.05) is 17.0 Å². The molecule has 1 unspecified atom stereocenters. The first-order chi connectivity index (χ1) is 7.00. The summed E-state index contributed by atoms with van der Waals surface area (Å²) >= 11 is 5.17. The van der Waals surface area contributed by atoms with E-state index >= 15 is 0 Å². The Morgan fingerprint density at radius 2 is 2.27 bits per heavy atom. The highest BCUT2D eigenvalue weighted by atomic mass is 79.9. The van der Waals surface area contributed by atoms with Gasteiger partial charge in [0.1, 0.15) is 0 Å². The second-order valence-electron chi connectivity index (χ2n) is 4.06. The molecule has 1 aromatic rings. The zero-order chi connectivity index (χ0) is 11.5. The predicted molar refractivity (Wildman–Crippen MR) is 67.8 cm³/mol. The first-order valence-corrected chi connectivity index (χ1v) is 6.46. The van der Waals surface area contributed by atoms with Crippen molar-refractivity contribution in [3.05, 3.63) is 20.8 Å². The zero-order valence-electron chi connectivity index (χ0n) is 9.21. The lowest BCUT2D eigenvalue weighted by molar-refractivity contribution is 0.00679. The first kappa shape index (κ1) is 13.1. The van der Waals surface area contributed by atoms with Crippen molar-refractivity contribution in [3.8, 4) is 0 Å². The Balaban J connectivity index is 2.77. The van der Waals surface area contributed by atoms with Crippen molar-refractivity contribution in [1.29, 1.82) is 0 Å². The SMILES string of the molecule is COC(C)(C)CC(NN)c1cscc1Br. The van der Waals surface area contributed by atoms with Crippen LogP contribution in [0.4, 0.5) is 0 Å². The van der Waals surface area contributed by atoms with Crippen molar-refractivity contribution in [2.75, 3.05) is 7.11 Å². The Morgan fingerprint density at radius 1 is 1.60 bits per heavy atom. The lowest BCUT2D eigenvalue weighted by Gasteiger charge is -2.28. The van der Waals surface area contributed by atoms with Crippen LogP contribution in [0.1, 0.15) is 31.9 Å². The summed E-state index contributed by atoms with van der Waals surface area (Å²) in [6, 6.07) is 0.112. The van der Waals surface area contributed by atoms with Crippen molar-refractivity contribution in [3.63, 3.8) is 0 Å². The van der Waals surface area contributed by atoms with Crippen molar-refractivity contribution >= 4 is 27.3 Å². The molecular formula is C10H17BrN2OS. The van der Waals surface area contributed by atoms with Crippen LogP contribution in [-0.4, -0.2) is 12.7 Å². The zero-order valence-corrected chi connectivity index (χ0v) is 11.6. The van der Waals surface area contributed by atoms with Gasteiger partial charge < -0.3 is 4.74 Å². The van der Waals surface area contributed by atoms with Crippen molar-refractivity contribution in [1.82, 2.24) is 5.43 Å². The largest absolute Gasteiger partial charge is 0.379 e. The summed E-state index contributed by atoms with van der Waals surface area (Å²) in [6.45, 7) is 4.11. The minimum Gasteiger partial charge on any atom is -0.379 e. The number of hydrogen-bond donors (Lipinski definition) is 2. The molecule has 86 valence electrons. The van der Waals surface area contributed by atoms with Crippen molar-refractivity contribution < 1.29 is 4.74 Å². The summed E-state index contributed by atoms with van der Waals surface area (Å²) in [5, 5.41) is 4.15. The van der Waals surface area contributed by atoms with E-state index in [0.717, 1.165) is 10.9 Å². The Hall–Kier alpha value is 0.0600. The molecule has 0 saturated carbocycles. The minimum atomic E-state index is -0.182. The summed E-state index contributed by atoms with van der Waals surface area (Å²) in [5.74, 6) is 5.57. The average Bonchev–Trinajstić information content (AvgIpc) is 2.61. The van der Waals surface area contributed by atoms with E-state index in [1.807, 2.05) is 0 Å². The highest BCUT2D eigenvalue weighted by Crippen LogP contribution is 2.32. The maximum absolute atomic E-state index is 5.57. The predicted octanol–water partition coefficient (Wildman–Crippen LogP) is 2.83. The summed E-state index contributed by atoms with van der Waals surface area (Å²) < 4.78 is 6.50. The molecule has 15 heavy (non-hydrogen) atoms. The third-order valence-corrected chi connectivity index (χ3v) is 4.22. The number of methoxy groups -OCH3 is 1. The van der Waals surface area contributed by atoms with Crippen LogP contribution in [0.3, 0.4) is 0 Å². The molecule has 1 aromatic heterocycles. The molecule has 0 amide bonds. The lowest BCUT2D eigenvalue weighted by atomic mass is 9.96. The van der Waals surface area contributed by atoms with E-state index in [0.29, 0.717) is 0 Å². The Kier molecular flexibility index (Phi) is 4.73. The fraction of sp³-hybridized carbons (Fsp3) is 0.600. The van der Waals surface area contributed by atoms with Crippen LogP contribution in [-0.2, 0) is 4.74 Å². The van der Waals surface area contributed by atoms with Gasteiger partial charge in [-0.25, -0.2) is 0 Å². The highest BCUT2D eigenvalue weighted by molar-refractivity contribution is 9.10. The third kappa shape index (κ3) is 3.53. The molecule has 0 radical (unpaired) electrons. The van der Waals surface area contributed by atoms with Gasteiger partial charge in [-0.1, -0.05) is 0 Å². The number of rotatable bonds is 5. The van der Waals surface area contributed by atoms with Crippen LogP contribution in [0, 0.1) is 0 Å². The van der Waals surface area contributed by atoms with Gasteiger partial charge in [-0.15, -0.1) is 0 Å². The Morgan fingerprint density at radius 3 is 2.67 bits per heavy atom. The first-order valence-electron chi connectivity index (χ1n) is 4.73. The fourth-order valence-electron chi connectivity index (χ4n) is 1.37. The number of hydrogen-bond acceptors (Lipinski definition) is 4. The summed E-state index contributed by atoms with van der Waals surface area (Å²) in [4.78, 5) is 0. The fourth-order valence-corrected chi connectivity index (χ4v) is 3.00. The molecule has 1 rings (SSSR count). The third-order valence-electron chi connectivity index (χ3n) is 2.47. The molecule has 1 heterocycles. The number of thiophene rings is 1. The van der Waals surface area contributed by atoms with Gasteiger partial charge in [-0.3, -0.25) is 11.3 Å². The van der Waals surface area contributed by atoms with Crippen molar-refractivity contribution in [2.45, 2.75) is 31.9 Å². The number of nitrogens with one attached hydrogen (secondary N) is 1. The molecule has 0 aliphatic rings. The van der Waals surface area contributed by atoms with Gasteiger partial charge in [0.15, 0.2) is 0 Å². The van der Waals surface area contributed by atoms with Gasteiger partial charge in [0.05, 0.1) is 11.6 Å². The number of ether oxygens (including phenoxy) is 1. The van der Waals surface area contributed by atoms with E-state index in [9.17, 15) is 0 Å². The molecule has 5 heteroatoms. The summed E-state index contributed by atoms with van der Waals surface area (Å²) in [7, 11) is 1.72. The Bertz CT molecular complexity index is 314. The van der Waals surface area contributed by atoms with Crippen LogP contribution >= 0.6 is 27.3 Å². The molecule has 0 aromatic carbocycles. The van der Waals surface area contributed by atoms with Crippen LogP contribution in [0.15, 0.2) is 15.2 Å². The molecular weight excluding hydrogens is 276 g/mol.